The molecule has 1 aromatic heterocycles. The molecule has 86 valence electrons. The molecule has 0 aromatic carbocycles. The molecule has 0 aliphatic carbocycles. The minimum Gasteiger partial charge on any atom is -0.384 e. The van der Waals surface area contributed by atoms with Gasteiger partial charge in [-0.05, 0) is 5.92 Å². The molecule has 0 fully saturated rings. The number of rotatable bonds is 6. The zero-order valence-electron chi connectivity index (χ0n) is 9.69. The molecule has 1 atom stereocenters. The molecular weight excluding hydrogens is 208 g/mol. The molecule has 0 aliphatic rings. The Labute approximate surface area is 95.7 Å². The summed E-state index contributed by atoms with van der Waals surface area (Å²) < 4.78 is 5.03. The number of hydrogen-bond donors (Lipinski definition) is 1. The highest BCUT2D eigenvalue weighted by molar-refractivity contribution is 7.09. The number of methoxy groups -OCH3 is 1. The minimum atomic E-state index is 0.387. The first-order valence-corrected chi connectivity index (χ1v) is 6.20. The molecule has 4 heteroatoms. The van der Waals surface area contributed by atoms with Crippen molar-refractivity contribution in [3.05, 3.63) is 16.1 Å². The Morgan fingerprint density at radius 3 is 2.80 bits per heavy atom. The van der Waals surface area contributed by atoms with Crippen LogP contribution in [0.25, 0.3) is 0 Å². The third-order valence-electron chi connectivity index (χ3n) is 2.53. The van der Waals surface area contributed by atoms with E-state index in [-0.39, 0.29) is 0 Å². The fraction of sp³-hybridized carbons (Fsp3) is 0.727. The number of nitrogens with zero attached hydrogens (tertiary/aromatic N) is 1. The summed E-state index contributed by atoms with van der Waals surface area (Å²) in [4.78, 5) is 4.60. The van der Waals surface area contributed by atoms with Gasteiger partial charge in [0.25, 0.3) is 0 Å². The standard InChI is InChI=1S/C11H20N2OS/c1-8(2)9(6-12)10-7-15-11(13-10)4-5-14-3/h7-9H,4-6,12H2,1-3H3. The molecule has 1 unspecified atom stereocenters. The molecule has 0 saturated carbocycles. The Balaban J connectivity index is 2.65. The molecule has 0 bridgehead atoms. The lowest BCUT2D eigenvalue weighted by Crippen LogP contribution is -2.18. The first kappa shape index (κ1) is 12.6. The van der Waals surface area contributed by atoms with Crippen LogP contribution >= 0.6 is 11.3 Å². The Morgan fingerprint density at radius 1 is 1.53 bits per heavy atom. The SMILES string of the molecule is COCCc1nc(C(CN)C(C)C)cs1. The lowest BCUT2D eigenvalue weighted by Gasteiger charge is -2.15. The van der Waals surface area contributed by atoms with E-state index in [0.29, 0.717) is 18.4 Å². The second-order valence-corrected chi connectivity index (χ2v) is 4.94. The van der Waals surface area contributed by atoms with Crippen molar-refractivity contribution in [1.82, 2.24) is 4.98 Å². The lowest BCUT2D eigenvalue weighted by molar-refractivity contribution is 0.202. The van der Waals surface area contributed by atoms with Crippen LogP contribution in [0.4, 0.5) is 0 Å². The van der Waals surface area contributed by atoms with Gasteiger partial charge in [0.2, 0.25) is 0 Å². The van der Waals surface area contributed by atoms with Gasteiger partial charge in [-0.15, -0.1) is 11.3 Å². The maximum Gasteiger partial charge on any atom is 0.0951 e. The van der Waals surface area contributed by atoms with E-state index in [0.717, 1.165) is 23.7 Å². The molecule has 3 nitrogen and oxygen atoms in total. The van der Waals surface area contributed by atoms with E-state index in [4.69, 9.17) is 10.5 Å². The van der Waals surface area contributed by atoms with Crippen molar-refractivity contribution < 1.29 is 4.74 Å². The molecule has 0 amide bonds. The highest BCUT2D eigenvalue weighted by Gasteiger charge is 2.16. The Hall–Kier alpha value is -0.450. The molecule has 0 radical (unpaired) electrons. The van der Waals surface area contributed by atoms with Gasteiger partial charge in [0.15, 0.2) is 0 Å². The van der Waals surface area contributed by atoms with Crippen molar-refractivity contribution in [3.8, 4) is 0 Å². The molecule has 0 aliphatic heterocycles. The van der Waals surface area contributed by atoms with Gasteiger partial charge >= 0.3 is 0 Å². The van der Waals surface area contributed by atoms with E-state index in [1.165, 1.54) is 0 Å². The quantitative estimate of drug-likeness (QED) is 0.810. The van der Waals surface area contributed by atoms with E-state index in [9.17, 15) is 0 Å². The van der Waals surface area contributed by atoms with Crippen LogP contribution in [0.5, 0.6) is 0 Å². The zero-order chi connectivity index (χ0) is 11.3. The largest absolute Gasteiger partial charge is 0.384 e. The van der Waals surface area contributed by atoms with Crippen molar-refractivity contribution in [3.63, 3.8) is 0 Å². The van der Waals surface area contributed by atoms with Crippen molar-refractivity contribution in [2.45, 2.75) is 26.2 Å². The first-order chi connectivity index (χ1) is 7.19. The maximum absolute atomic E-state index is 5.76. The van der Waals surface area contributed by atoms with E-state index in [2.05, 4.69) is 24.2 Å². The first-order valence-electron chi connectivity index (χ1n) is 5.32. The summed E-state index contributed by atoms with van der Waals surface area (Å²) in [5, 5.41) is 3.27. The lowest BCUT2D eigenvalue weighted by atomic mass is 9.93. The van der Waals surface area contributed by atoms with Gasteiger partial charge in [0.05, 0.1) is 17.3 Å². The number of aromatic nitrogens is 1. The second-order valence-electron chi connectivity index (χ2n) is 4.00. The van der Waals surface area contributed by atoms with Crippen molar-refractivity contribution >= 4 is 11.3 Å². The van der Waals surface area contributed by atoms with E-state index >= 15 is 0 Å². The summed E-state index contributed by atoms with van der Waals surface area (Å²) >= 11 is 1.70. The fourth-order valence-electron chi connectivity index (χ4n) is 1.53. The highest BCUT2D eigenvalue weighted by atomic mass is 32.1. The Kier molecular flexibility index (Phi) is 5.22. The van der Waals surface area contributed by atoms with Gasteiger partial charge in [-0.25, -0.2) is 4.98 Å². The molecule has 2 N–H and O–H groups in total. The van der Waals surface area contributed by atoms with Crippen LogP contribution in [0, 0.1) is 5.92 Å². The molecule has 0 saturated heterocycles. The highest BCUT2D eigenvalue weighted by Crippen LogP contribution is 2.24. The van der Waals surface area contributed by atoms with Crippen LogP contribution < -0.4 is 5.73 Å². The number of ether oxygens (including phenoxy) is 1. The van der Waals surface area contributed by atoms with Crippen LogP contribution in [-0.4, -0.2) is 25.2 Å². The Morgan fingerprint density at radius 2 is 2.27 bits per heavy atom. The van der Waals surface area contributed by atoms with Crippen LogP contribution in [0.3, 0.4) is 0 Å². The summed E-state index contributed by atoms with van der Waals surface area (Å²) in [6, 6.07) is 0. The maximum atomic E-state index is 5.76. The van der Waals surface area contributed by atoms with E-state index < -0.39 is 0 Å². The molecular formula is C11H20N2OS. The average molecular weight is 228 g/mol. The molecule has 1 heterocycles. The van der Waals surface area contributed by atoms with Gasteiger partial charge in [0, 0.05) is 31.4 Å². The predicted molar refractivity (Wildman–Crippen MR) is 64.3 cm³/mol. The number of nitrogens with two attached hydrogens (primary N) is 1. The van der Waals surface area contributed by atoms with Crippen LogP contribution in [0.1, 0.15) is 30.5 Å². The normalized spacial score (nSPS) is 13.4. The smallest absolute Gasteiger partial charge is 0.0951 e. The zero-order valence-corrected chi connectivity index (χ0v) is 10.5. The molecule has 1 aromatic rings. The van der Waals surface area contributed by atoms with Gasteiger partial charge < -0.3 is 10.5 Å². The van der Waals surface area contributed by atoms with E-state index in [1.54, 1.807) is 18.4 Å². The Bertz CT molecular complexity index is 286. The van der Waals surface area contributed by atoms with Gasteiger partial charge in [-0.3, -0.25) is 0 Å². The monoisotopic (exact) mass is 228 g/mol. The topological polar surface area (TPSA) is 48.1 Å². The summed E-state index contributed by atoms with van der Waals surface area (Å²) in [6.07, 6.45) is 0.899. The average Bonchev–Trinajstić information content (AvgIpc) is 2.64. The predicted octanol–water partition coefficient (Wildman–Crippen LogP) is 2.03. The van der Waals surface area contributed by atoms with Crippen LogP contribution in [-0.2, 0) is 11.2 Å². The molecule has 0 spiro atoms. The molecule has 15 heavy (non-hydrogen) atoms. The van der Waals surface area contributed by atoms with Gasteiger partial charge in [0.1, 0.15) is 0 Å². The van der Waals surface area contributed by atoms with Crippen LogP contribution in [0.2, 0.25) is 0 Å². The third kappa shape index (κ3) is 3.55. The summed E-state index contributed by atoms with van der Waals surface area (Å²) in [6.45, 7) is 5.78. The van der Waals surface area contributed by atoms with Crippen LogP contribution in [0.15, 0.2) is 5.38 Å². The minimum absolute atomic E-state index is 0.387. The van der Waals surface area contributed by atoms with E-state index in [1.807, 2.05) is 0 Å². The van der Waals surface area contributed by atoms with Gasteiger partial charge in [-0.2, -0.15) is 0 Å². The number of hydrogen-bond acceptors (Lipinski definition) is 4. The van der Waals surface area contributed by atoms with Crippen molar-refractivity contribution in [2.24, 2.45) is 11.7 Å². The molecule has 1 rings (SSSR count). The second kappa shape index (κ2) is 6.20. The number of thiazole rings is 1. The summed E-state index contributed by atoms with van der Waals surface area (Å²) in [5.74, 6) is 0.935. The summed E-state index contributed by atoms with van der Waals surface area (Å²) in [7, 11) is 1.71. The fourth-order valence-corrected chi connectivity index (χ4v) is 2.38. The third-order valence-corrected chi connectivity index (χ3v) is 3.45. The van der Waals surface area contributed by atoms with Crippen molar-refractivity contribution in [1.29, 1.82) is 0 Å². The summed E-state index contributed by atoms with van der Waals surface area (Å²) in [5.41, 5.74) is 6.90. The van der Waals surface area contributed by atoms with Crippen molar-refractivity contribution in [2.75, 3.05) is 20.3 Å². The van der Waals surface area contributed by atoms with Gasteiger partial charge in [-0.1, -0.05) is 13.8 Å².